The van der Waals surface area contributed by atoms with Crippen LogP contribution in [0.2, 0.25) is 0 Å². The van der Waals surface area contributed by atoms with Crippen molar-refractivity contribution in [1.82, 2.24) is 9.80 Å². The summed E-state index contributed by atoms with van der Waals surface area (Å²) in [4.78, 5) is 17.4. The van der Waals surface area contributed by atoms with Gasteiger partial charge in [0.1, 0.15) is 0 Å². The van der Waals surface area contributed by atoms with Crippen LogP contribution < -0.4 is 5.73 Å². The second-order valence-electron chi connectivity index (χ2n) is 6.19. The van der Waals surface area contributed by atoms with E-state index in [1.165, 1.54) is 25.8 Å². The highest BCUT2D eigenvalue weighted by molar-refractivity contribution is 9.10. The molecule has 2 fully saturated rings. The van der Waals surface area contributed by atoms with E-state index in [9.17, 15) is 4.79 Å². The van der Waals surface area contributed by atoms with E-state index in [0.29, 0.717) is 17.3 Å². The number of fused-ring (bicyclic) bond motifs is 1. The fourth-order valence-corrected chi connectivity index (χ4v) is 3.84. The summed E-state index contributed by atoms with van der Waals surface area (Å²) in [6, 6.07) is 6.25. The molecule has 0 aromatic heterocycles. The second-order valence-corrected chi connectivity index (χ2v) is 7.04. The fourth-order valence-electron chi connectivity index (χ4n) is 3.46. The maximum absolute atomic E-state index is 12.8. The van der Waals surface area contributed by atoms with E-state index >= 15 is 0 Å². The van der Waals surface area contributed by atoms with Crippen LogP contribution in [0.3, 0.4) is 0 Å². The predicted octanol–water partition coefficient (Wildman–Crippen LogP) is 2.73. The lowest BCUT2D eigenvalue weighted by Crippen LogP contribution is -2.60. The number of halogens is 1. The van der Waals surface area contributed by atoms with Crippen molar-refractivity contribution in [3.05, 3.63) is 28.2 Å². The zero-order chi connectivity index (χ0) is 15.0. The number of rotatable bonds is 1. The van der Waals surface area contributed by atoms with Crippen molar-refractivity contribution < 1.29 is 4.79 Å². The van der Waals surface area contributed by atoms with Gasteiger partial charge in [-0.3, -0.25) is 9.69 Å². The Labute approximate surface area is 134 Å². The van der Waals surface area contributed by atoms with Crippen LogP contribution in [0.25, 0.3) is 0 Å². The molecule has 1 aromatic carbocycles. The third-order valence-electron chi connectivity index (χ3n) is 4.70. The van der Waals surface area contributed by atoms with Gasteiger partial charge in [0.15, 0.2) is 0 Å². The highest BCUT2D eigenvalue weighted by Gasteiger charge is 2.35. The van der Waals surface area contributed by atoms with Gasteiger partial charge in [0.2, 0.25) is 0 Å². The highest BCUT2D eigenvalue weighted by atomic mass is 79.9. The molecule has 2 saturated heterocycles. The minimum Gasteiger partial charge on any atom is -0.398 e. The number of anilines is 1. The topological polar surface area (TPSA) is 49.6 Å². The average Bonchev–Trinajstić information content (AvgIpc) is 2.48. The molecular formula is C16H22BrN3O. The standard InChI is InChI=1S/C16H22BrN3O/c1-11-9-19-7-3-2-4-13(19)10-20(11)16(21)12-5-6-15(18)14(17)8-12/h5-6,8,11,13H,2-4,7,9-10,18H2,1H3. The van der Waals surface area contributed by atoms with Gasteiger partial charge < -0.3 is 10.6 Å². The number of hydrogen-bond donors (Lipinski definition) is 1. The smallest absolute Gasteiger partial charge is 0.254 e. The zero-order valence-corrected chi connectivity index (χ0v) is 14.0. The van der Waals surface area contributed by atoms with Gasteiger partial charge >= 0.3 is 0 Å². The number of benzene rings is 1. The van der Waals surface area contributed by atoms with Gasteiger partial charge in [0.25, 0.3) is 5.91 Å². The average molecular weight is 352 g/mol. The minimum absolute atomic E-state index is 0.119. The summed E-state index contributed by atoms with van der Waals surface area (Å²) < 4.78 is 0.789. The van der Waals surface area contributed by atoms with Crippen LogP contribution in [0.5, 0.6) is 0 Å². The summed E-state index contributed by atoms with van der Waals surface area (Å²) in [5.41, 5.74) is 7.18. The van der Waals surface area contributed by atoms with Gasteiger partial charge in [-0.05, 0) is 60.4 Å². The summed E-state index contributed by atoms with van der Waals surface area (Å²) in [7, 11) is 0. The zero-order valence-electron chi connectivity index (χ0n) is 12.4. The molecule has 0 radical (unpaired) electrons. The lowest BCUT2D eigenvalue weighted by atomic mass is 9.96. The van der Waals surface area contributed by atoms with Crippen LogP contribution in [0, 0.1) is 0 Å². The normalized spacial score (nSPS) is 26.5. The fraction of sp³-hybridized carbons (Fsp3) is 0.562. The molecule has 2 aliphatic rings. The number of carbonyl (C=O) groups is 1. The van der Waals surface area contributed by atoms with Gasteiger partial charge in [-0.2, -0.15) is 0 Å². The summed E-state index contributed by atoms with van der Waals surface area (Å²) >= 11 is 3.40. The Morgan fingerprint density at radius 3 is 2.90 bits per heavy atom. The molecule has 1 aromatic rings. The number of piperazine rings is 1. The molecule has 2 atom stereocenters. The predicted molar refractivity (Wildman–Crippen MR) is 88.3 cm³/mol. The Hall–Kier alpha value is -1.07. The Bertz CT molecular complexity index is 548. The molecule has 3 rings (SSSR count). The van der Waals surface area contributed by atoms with Gasteiger partial charge in [-0.25, -0.2) is 0 Å². The second kappa shape index (κ2) is 5.97. The van der Waals surface area contributed by atoms with E-state index in [1.54, 1.807) is 6.07 Å². The quantitative estimate of drug-likeness (QED) is 0.791. The maximum atomic E-state index is 12.8. The first-order valence-corrected chi connectivity index (χ1v) is 8.45. The van der Waals surface area contributed by atoms with E-state index in [1.807, 2.05) is 17.0 Å². The number of piperidine rings is 1. The molecule has 0 aliphatic carbocycles. The van der Waals surface area contributed by atoms with Crippen molar-refractivity contribution in [2.24, 2.45) is 0 Å². The van der Waals surface area contributed by atoms with E-state index in [-0.39, 0.29) is 11.9 Å². The number of nitrogens with zero attached hydrogens (tertiary/aromatic N) is 2. The van der Waals surface area contributed by atoms with E-state index < -0.39 is 0 Å². The van der Waals surface area contributed by atoms with Crippen LogP contribution in [0.15, 0.2) is 22.7 Å². The molecule has 2 aliphatic heterocycles. The Morgan fingerprint density at radius 2 is 2.14 bits per heavy atom. The molecule has 21 heavy (non-hydrogen) atoms. The monoisotopic (exact) mass is 351 g/mol. The highest BCUT2D eigenvalue weighted by Crippen LogP contribution is 2.26. The lowest BCUT2D eigenvalue weighted by Gasteiger charge is -2.47. The Balaban J connectivity index is 1.78. The van der Waals surface area contributed by atoms with Crippen LogP contribution in [0.1, 0.15) is 36.5 Å². The van der Waals surface area contributed by atoms with Crippen LogP contribution in [-0.4, -0.2) is 47.4 Å². The van der Waals surface area contributed by atoms with E-state index in [2.05, 4.69) is 27.8 Å². The number of carbonyl (C=O) groups excluding carboxylic acids is 1. The van der Waals surface area contributed by atoms with Crippen LogP contribution in [0.4, 0.5) is 5.69 Å². The van der Waals surface area contributed by atoms with E-state index in [4.69, 9.17) is 5.73 Å². The summed E-state index contributed by atoms with van der Waals surface area (Å²) in [5.74, 6) is 0.119. The molecule has 1 amide bonds. The summed E-state index contributed by atoms with van der Waals surface area (Å²) in [5, 5.41) is 0. The molecular weight excluding hydrogens is 330 g/mol. The van der Waals surface area contributed by atoms with Gasteiger partial charge in [0, 0.05) is 40.9 Å². The largest absolute Gasteiger partial charge is 0.398 e. The summed E-state index contributed by atoms with van der Waals surface area (Å²) in [6.45, 7) is 5.17. The van der Waals surface area contributed by atoms with Crippen LogP contribution >= 0.6 is 15.9 Å². The third-order valence-corrected chi connectivity index (χ3v) is 5.38. The molecule has 0 saturated carbocycles. The molecule has 114 valence electrons. The molecule has 5 heteroatoms. The van der Waals surface area contributed by atoms with Gasteiger partial charge in [-0.1, -0.05) is 6.42 Å². The molecule has 4 nitrogen and oxygen atoms in total. The number of nitrogens with two attached hydrogens (primary N) is 1. The summed E-state index contributed by atoms with van der Waals surface area (Å²) in [6.07, 6.45) is 3.79. The van der Waals surface area contributed by atoms with Crippen molar-refractivity contribution in [3.8, 4) is 0 Å². The van der Waals surface area contributed by atoms with Crippen molar-refractivity contribution in [3.63, 3.8) is 0 Å². The molecule has 0 bridgehead atoms. The maximum Gasteiger partial charge on any atom is 0.254 e. The Morgan fingerprint density at radius 1 is 1.33 bits per heavy atom. The lowest BCUT2D eigenvalue weighted by molar-refractivity contribution is 0.0151. The molecule has 2 unspecified atom stereocenters. The van der Waals surface area contributed by atoms with E-state index in [0.717, 1.165) is 17.6 Å². The first-order valence-electron chi connectivity index (χ1n) is 7.66. The van der Waals surface area contributed by atoms with Gasteiger partial charge in [0.05, 0.1) is 0 Å². The van der Waals surface area contributed by atoms with Crippen LogP contribution in [-0.2, 0) is 0 Å². The number of amides is 1. The number of nitrogen functional groups attached to an aromatic ring is 1. The van der Waals surface area contributed by atoms with Crippen molar-refractivity contribution in [2.45, 2.75) is 38.3 Å². The first-order chi connectivity index (χ1) is 10.1. The third kappa shape index (κ3) is 2.94. The SMILES string of the molecule is CC1CN2CCCCC2CN1C(=O)c1ccc(N)c(Br)c1. The van der Waals surface area contributed by atoms with Crippen molar-refractivity contribution in [2.75, 3.05) is 25.4 Å². The molecule has 0 spiro atoms. The van der Waals surface area contributed by atoms with Crippen molar-refractivity contribution in [1.29, 1.82) is 0 Å². The number of hydrogen-bond acceptors (Lipinski definition) is 3. The minimum atomic E-state index is 0.119. The molecule has 2 heterocycles. The first kappa shape index (κ1) is 14.9. The molecule has 2 N–H and O–H groups in total. The van der Waals surface area contributed by atoms with Gasteiger partial charge in [-0.15, -0.1) is 0 Å². The van der Waals surface area contributed by atoms with Crippen molar-refractivity contribution >= 4 is 27.5 Å². The Kier molecular flexibility index (Phi) is 4.22.